The predicted octanol–water partition coefficient (Wildman–Crippen LogP) is -1.51. The maximum Gasteiger partial charge on any atom is 0.250 e. The van der Waals surface area contributed by atoms with Crippen molar-refractivity contribution >= 4 is 11.9 Å². The molecule has 1 amide bonds. The summed E-state index contributed by atoms with van der Waals surface area (Å²) in [7, 11) is 1.51. The average molecular weight is 432 g/mol. The number of rotatable bonds is 7. The number of hydrogen-bond donors (Lipinski definition) is 1. The number of pyridine rings is 1. The summed E-state index contributed by atoms with van der Waals surface area (Å²) in [6.45, 7) is 5.06. The number of carboxylic acid groups (broad SMARTS) is 1. The minimum atomic E-state index is -1.01. The number of likely N-dealkylation sites (tertiary alicyclic amines) is 2. The Morgan fingerprint density at radius 1 is 1.23 bits per heavy atom. The van der Waals surface area contributed by atoms with E-state index in [-0.39, 0.29) is 36.3 Å². The first-order valence-electron chi connectivity index (χ1n) is 11.4. The summed E-state index contributed by atoms with van der Waals surface area (Å²) in [6, 6.07) is 5.59. The van der Waals surface area contributed by atoms with Crippen LogP contribution in [0.3, 0.4) is 0 Å². The highest BCUT2D eigenvalue weighted by atomic mass is 16.5. The molecular weight excluding hydrogens is 398 g/mol. The Morgan fingerprint density at radius 2 is 2.06 bits per heavy atom. The van der Waals surface area contributed by atoms with E-state index in [9.17, 15) is 19.5 Å². The number of piperidine rings is 2. The Hall–Kier alpha value is -2.19. The molecule has 2 bridgehead atoms. The number of ether oxygens (including phenoxy) is 1. The first-order valence-corrected chi connectivity index (χ1v) is 11.4. The van der Waals surface area contributed by atoms with Crippen molar-refractivity contribution in [1.29, 1.82) is 0 Å². The molecule has 4 rings (SSSR count). The van der Waals surface area contributed by atoms with Crippen LogP contribution in [0, 0.1) is 17.8 Å². The topological polar surface area (TPSA) is 96.1 Å². The number of methoxy groups -OCH3 is 1. The van der Waals surface area contributed by atoms with Crippen LogP contribution in [-0.4, -0.2) is 67.8 Å². The number of carbonyl (C=O) groups is 2. The Kier molecular flexibility index (Phi) is 6.77. The van der Waals surface area contributed by atoms with E-state index >= 15 is 0 Å². The number of nitrogens with zero attached hydrogens (tertiary/aromatic N) is 2. The number of fused-ring (bicyclic) bond motifs is 4. The molecule has 3 aliphatic heterocycles. The van der Waals surface area contributed by atoms with E-state index in [1.807, 2.05) is 15.5 Å². The molecule has 31 heavy (non-hydrogen) atoms. The minimum Gasteiger partial charge on any atom is -0.550 e. The van der Waals surface area contributed by atoms with Gasteiger partial charge in [0.05, 0.1) is 19.6 Å². The molecule has 2 fully saturated rings. The van der Waals surface area contributed by atoms with Crippen molar-refractivity contribution in [3.63, 3.8) is 0 Å². The molecule has 0 radical (unpaired) electrons. The maximum atomic E-state index is 12.3. The van der Waals surface area contributed by atoms with Gasteiger partial charge < -0.3 is 29.0 Å². The second-order valence-electron chi connectivity index (χ2n) is 9.55. The number of aliphatic carboxylic acids is 1. The van der Waals surface area contributed by atoms with E-state index < -0.39 is 5.97 Å². The van der Waals surface area contributed by atoms with E-state index in [1.165, 1.54) is 12.0 Å². The third-order valence-corrected chi connectivity index (χ3v) is 7.48. The molecule has 1 unspecified atom stereocenters. The van der Waals surface area contributed by atoms with Crippen molar-refractivity contribution in [1.82, 2.24) is 9.47 Å². The van der Waals surface area contributed by atoms with Crippen LogP contribution in [0.1, 0.15) is 37.3 Å². The highest BCUT2D eigenvalue weighted by Gasteiger charge is 2.38. The van der Waals surface area contributed by atoms with Gasteiger partial charge in [-0.1, -0.05) is 6.07 Å². The van der Waals surface area contributed by atoms with Crippen LogP contribution in [0.15, 0.2) is 23.0 Å². The third-order valence-electron chi connectivity index (χ3n) is 7.48. The minimum absolute atomic E-state index is 0.0266. The average Bonchev–Trinajstić information content (AvgIpc) is 2.73. The Morgan fingerprint density at radius 3 is 2.84 bits per heavy atom. The summed E-state index contributed by atoms with van der Waals surface area (Å²) in [5.41, 5.74) is 1.26. The van der Waals surface area contributed by atoms with Gasteiger partial charge in [-0.25, -0.2) is 0 Å². The zero-order valence-corrected chi connectivity index (χ0v) is 18.3. The molecule has 1 aromatic rings. The summed E-state index contributed by atoms with van der Waals surface area (Å²) in [5, 5.41) is 11.3. The number of nitrogens with one attached hydrogen (secondary N) is 1. The van der Waals surface area contributed by atoms with Crippen LogP contribution in [-0.2, 0) is 20.9 Å². The van der Waals surface area contributed by atoms with Gasteiger partial charge in [-0.2, -0.15) is 0 Å². The standard InChI is InChI=1S/C23H33N3O5/c1-31-15-22(28)25-8-6-17(10-23(29)30)18(14-25)5-7-24-11-16-9-19(13-24)20-3-2-4-21(27)26(20)12-16/h2-4,16-19H,5-15H2,1H3,(H,29,30)/t16-,17-,18-,19+/m0/s1. The van der Waals surface area contributed by atoms with Gasteiger partial charge in [0.1, 0.15) is 6.61 Å². The Labute approximate surface area is 182 Å². The molecule has 8 nitrogen and oxygen atoms in total. The van der Waals surface area contributed by atoms with Crippen molar-refractivity contribution < 1.29 is 24.3 Å². The highest BCUT2D eigenvalue weighted by molar-refractivity contribution is 5.77. The van der Waals surface area contributed by atoms with Gasteiger partial charge in [-0.15, -0.1) is 0 Å². The number of amides is 1. The molecular formula is C23H33N3O5. The summed E-state index contributed by atoms with van der Waals surface area (Å²) in [5.74, 6) is 0.0964. The van der Waals surface area contributed by atoms with Crippen LogP contribution >= 0.6 is 0 Å². The maximum absolute atomic E-state index is 12.3. The van der Waals surface area contributed by atoms with Gasteiger partial charge in [-0.05, 0) is 37.2 Å². The first kappa shape index (κ1) is 22.0. The van der Waals surface area contributed by atoms with Crippen LogP contribution in [0.4, 0.5) is 0 Å². The van der Waals surface area contributed by atoms with E-state index in [1.54, 1.807) is 6.07 Å². The van der Waals surface area contributed by atoms with Gasteiger partial charge in [0, 0.05) is 62.7 Å². The fourth-order valence-corrected chi connectivity index (χ4v) is 6.05. The lowest BCUT2D eigenvalue weighted by Crippen LogP contribution is -3.14. The van der Waals surface area contributed by atoms with Gasteiger partial charge in [0.15, 0.2) is 0 Å². The van der Waals surface area contributed by atoms with Crippen LogP contribution in [0.5, 0.6) is 0 Å². The third kappa shape index (κ3) is 5.01. The number of carboxylic acids is 1. The zero-order chi connectivity index (χ0) is 22.0. The van der Waals surface area contributed by atoms with Gasteiger partial charge in [0.25, 0.3) is 5.56 Å². The Bertz CT molecular complexity index is 869. The molecule has 2 saturated heterocycles. The normalized spacial score (nSPS) is 30.0. The quantitative estimate of drug-likeness (QED) is 0.567. The van der Waals surface area contributed by atoms with E-state index in [4.69, 9.17) is 4.74 Å². The van der Waals surface area contributed by atoms with E-state index in [2.05, 4.69) is 6.07 Å². The summed E-state index contributed by atoms with van der Waals surface area (Å²) < 4.78 is 6.94. The zero-order valence-electron chi connectivity index (χ0n) is 18.3. The second kappa shape index (κ2) is 9.53. The fraction of sp³-hybridized carbons (Fsp3) is 0.696. The molecule has 1 aromatic heterocycles. The van der Waals surface area contributed by atoms with Gasteiger partial charge in [-0.3, -0.25) is 9.59 Å². The second-order valence-corrected chi connectivity index (χ2v) is 9.55. The van der Waals surface area contributed by atoms with Crippen molar-refractivity contribution in [3.8, 4) is 0 Å². The van der Waals surface area contributed by atoms with Gasteiger partial charge >= 0.3 is 0 Å². The van der Waals surface area contributed by atoms with Crippen molar-refractivity contribution in [2.45, 2.75) is 38.1 Å². The Balaban J connectivity index is 1.40. The van der Waals surface area contributed by atoms with Crippen molar-refractivity contribution in [2.24, 2.45) is 17.8 Å². The summed E-state index contributed by atoms with van der Waals surface area (Å²) in [4.78, 5) is 39.1. The lowest BCUT2D eigenvalue weighted by atomic mass is 9.80. The summed E-state index contributed by atoms with van der Waals surface area (Å²) >= 11 is 0. The lowest BCUT2D eigenvalue weighted by Gasteiger charge is -2.42. The molecule has 0 aliphatic carbocycles. The lowest BCUT2D eigenvalue weighted by molar-refractivity contribution is -0.911. The first-order chi connectivity index (χ1) is 14.9. The molecule has 170 valence electrons. The van der Waals surface area contributed by atoms with Crippen LogP contribution in [0.25, 0.3) is 0 Å². The van der Waals surface area contributed by atoms with Crippen LogP contribution < -0.4 is 15.6 Å². The number of quaternary nitrogens is 1. The molecule has 5 atom stereocenters. The number of carbonyl (C=O) groups excluding carboxylic acids is 2. The molecule has 0 spiro atoms. The monoisotopic (exact) mass is 431 g/mol. The molecule has 4 heterocycles. The molecule has 3 aliphatic rings. The highest BCUT2D eigenvalue weighted by Crippen LogP contribution is 2.31. The molecule has 0 aromatic carbocycles. The largest absolute Gasteiger partial charge is 0.550 e. The fourth-order valence-electron chi connectivity index (χ4n) is 6.05. The molecule has 1 N–H and O–H groups in total. The smallest absolute Gasteiger partial charge is 0.250 e. The van der Waals surface area contributed by atoms with E-state index in [0.717, 1.165) is 44.7 Å². The number of hydrogen-bond acceptors (Lipinski definition) is 5. The molecule has 0 saturated carbocycles. The summed E-state index contributed by atoms with van der Waals surface area (Å²) in [6.07, 6.45) is 2.80. The van der Waals surface area contributed by atoms with Gasteiger partial charge in [0.2, 0.25) is 5.91 Å². The van der Waals surface area contributed by atoms with Crippen LogP contribution in [0.2, 0.25) is 0 Å². The SMILES string of the molecule is COCC(=O)N1CC[C@@H](CC(=O)[O-])[C@@H](CC[NH+]2C[C@@H]3C[C@H](C2)c2cccc(=O)n2C3)C1. The van der Waals surface area contributed by atoms with E-state index in [0.29, 0.717) is 31.3 Å². The van der Waals surface area contributed by atoms with Crippen molar-refractivity contribution in [3.05, 3.63) is 34.2 Å². The van der Waals surface area contributed by atoms with Crippen molar-refractivity contribution in [2.75, 3.05) is 46.4 Å². The molecule has 8 heteroatoms. The number of aromatic nitrogens is 1. The predicted molar refractivity (Wildman–Crippen MR) is 111 cm³/mol.